The molecule has 1 aromatic carbocycles. The number of amides is 2. The van der Waals surface area contributed by atoms with Crippen molar-refractivity contribution in [3.8, 4) is 0 Å². The summed E-state index contributed by atoms with van der Waals surface area (Å²) in [5.41, 5.74) is 1.57. The van der Waals surface area contributed by atoms with Gasteiger partial charge >= 0.3 is 0 Å². The second-order valence-electron chi connectivity index (χ2n) is 5.78. The highest BCUT2D eigenvalue weighted by molar-refractivity contribution is 5.97. The molecule has 0 spiro atoms. The van der Waals surface area contributed by atoms with Crippen LogP contribution in [-0.2, 0) is 9.59 Å². The van der Waals surface area contributed by atoms with Gasteiger partial charge in [-0.1, -0.05) is 18.2 Å². The molecule has 3 rings (SSSR count). The van der Waals surface area contributed by atoms with E-state index in [1.54, 1.807) is 23.2 Å². The van der Waals surface area contributed by atoms with Crippen LogP contribution in [0.1, 0.15) is 19.8 Å². The van der Waals surface area contributed by atoms with Gasteiger partial charge in [-0.3, -0.25) is 9.59 Å². The highest BCUT2D eigenvalue weighted by Gasteiger charge is 2.32. The van der Waals surface area contributed by atoms with Gasteiger partial charge in [-0.2, -0.15) is 0 Å². The Labute approximate surface area is 140 Å². The summed E-state index contributed by atoms with van der Waals surface area (Å²) in [4.78, 5) is 29.8. The molecular formula is C18H20N4O2. The standard InChI is InChI=1S/C18H20N4O2/c1-13(23)22-11-5-8-16(22)18(24)21-15-9-10-17(19-12-15)20-14-6-3-2-4-7-14/h2-4,6-7,9-10,12,16H,5,8,11H2,1H3,(H,19,20)(H,21,24)/t16-/m1/s1. The maximum atomic E-state index is 12.4. The topological polar surface area (TPSA) is 74.3 Å². The number of likely N-dealkylation sites (tertiary alicyclic amines) is 1. The van der Waals surface area contributed by atoms with Crippen LogP contribution in [0.5, 0.6) is 0 Å². The van der Waals surface area contributed by atoms with Gasteiger partial charge in [-0.25, -0.2) is 4.98 Å². The number of hydrogen-bond donors (Lipinski definition) is 2. The third-order valence-electron chi connectivity index (χ3n) is 4.04. The zero-order valence-corrected chi connectivity index (χ0v) is 13.5. The van der Waals surface area contributed by atoms with Gasteiger partial charge in [-0.05, 0) is 37.1 Å². The van der Waals surface area contributed by atoms with E-state index in [4.69, 9.17) is 0 Å². The molecule has 2 aromatic rings. The molecule has 0 bridgehead atoms. The van der Waals surface area contributed by atoms with E-state index >= 15 is 0 Å². The number of rotatable bonds is 4. The Morgan fingerprint density at radius 1 is 1.12 bits per heavy atom. The van der Waals surface area contributed by atoms with Crippen molar-refractivity contribution >= 4 is 29.0 Å². The van der Waals surface area contributed by atoms with Crippen molar-refractivity contribution in [1.29, 1.82) is 0 Å². The van der Waals surface area contributed by atoms with Crippen LogP contribution in [0.3, 0.4) is 0 Å². The van der Waals surface area contributed by atoms with Crippen molar-refractivity contribution in [3.63, 3.8) is 0 Å². The van der Waals surface area contributed by atoms with Gasteiger partial charge in [0.25, 0.3) is 0 Å². The van der Waals surface area contributed by atoms with Gasteiger partial charge in [-0.15, -0.1) is 0 Å². The number of pyridine rings is 1. The van der Waals surface area contributed by atoms with Crippen LogP contribution < -0.4 is 10.6 Å². The van der Waals surface area contributed by atoms with Crippen molar-refractivity contribution in [3.05, 3.63) is 48.7 Å². The first kappa shape index (κ1) is 16.0. The molecule has 6 nitrogen and oxygen atoms in total. The van der Waals surface area contributed by atoms with Crippen molar-refractivity contribution in [1.82, 2.24) is 9.88 Å². The summed E-state index contributed by atoms with van der Waals surface area (Å²) in [7, 11) is 0. The number of nitrogens with one attached hydrogen (secondary N) is 2. The average molecular weight is 324 g/mol. The lowest BCUT2D eigenvalue weighted by atomic mass is 10.2. The Bertz CT molecular complexity index is 716. The predicted molar refractivity (Wildman–Crippen MR) is 93.0 cm³/mol. The molecule has 0 saturated carbocycles. The predicted octanol–water partition coefficient (Wildman–Crippen LogP) is 2.77. The molecule has 1 aromatic heterocycles. The summed E-state index contributed by atoms with van der Waals surface area (Å²) in [6, 6.07) is 13.0. The van der Waals surface area contributed by atoms with Gasteiger partial charge in [0, 0.05) is 19.2 Å². The molecular weight excluding hydrogens is 304 g/mol. The van der Waals surface area contributed by atoms with Crippen LogP contribution in [0.15, 0.2) is 48.7 Å². The minimum absolute atomic E-state index is 0.0619. The smallest absolute Gasteiger partial charge is 0.247 e. The van der Waals surface area contributed by atoms with Gasteiger partial charge in [0.1, 0.15) is 11.9 Å². The fraction of sp³-hybridized carbons (Fsp3) is 0.278. The van der Waals surface area contributed by atoms with Crippen LogP contribution in [0.4, 0.5) is 17.2 Å². The second kappa shape index (κ2) is 7.12. The molecule has 124 valence electrons. The second-order valence-corrected chi connectivity index (χ2v) is 5.78. The number of hydrogen-bond acceptors (Lipinski definition) is 4. The highest BCUT2D eigenvalue weighted by Crippen LogP contribution is 2.20. The normalized spacial score (nSPS) is 16.7. The summed E-state index contributed by atoms with van der Waals surface area (Å²) in [5.74, 6) is 0.479. The fourth-order valence-electron chi connectivity index (χ4n) is 2.85. The number of aromatic nitrogens is 1. The average Bonchev–Trinajstić information content (AvgIpc) is 3.08. The number of benzene rings is 1. The monoisotopic (exact) mass is 324 g/mol. The quantitative estimate of drug-likeness (QED) is 0.907. The van der Waals surface area contributed by atoms with Crippen molar-refractivity contribution in [2.24, 2.45) is 0 Å². The minimum atomic E-state index is -0.385. The van der Waals surface area contributed by atoms with E-state index in [2.05, 4.69) is 15.6 Å². The summed E-state index contributed by atoms with van der Waals surface area (Å²) in [5, 5.41) is 6.02. The van der Waals surface area contributed by atoms with Crippen molar-refractivity contribution < 1.29 is 9.59 Å². The van der Waals surface area contributed by atoms with Crippen LogP contribution in [0.2, 0.25) is 0 Å². The van der Waals surface area contributed by atoms with E-state index in [0.29, 0.717) is 24.5 Å². The van der Waals surface area contributed by atoms with E-state index in [9.17, 15) is 9.59 Å². The molecule has 1 atom stereocenters. The number of carbonyl (C=O) groups excluding carboxylic acids is 2. The molecule has 6 heteroatoms. The molecule has 2 N–H and O–H groups in total. The number of para-hydroxylation sites is 1. The lowest BCUT2D eigenvalue weighted by Crippen LogP contribution is -2.42. The largest absolute Gasteiger partial charge is 0.340 e. The molecule has 1 aliphatic heterocycles. The number of nitrogens with zero attached hydrogens (tertiary/aromatic N) is 2. The van der Waals surface area contributed by atoms with E-state index in [0.717, 1.165) is 12.1 Å². The Kier molecular flexibility index (Phi) is 4.74. The molecule has 1 saturated heterocycles. The zero-order valence-electron chi connectivity index (χ0n) is 13.5. The molecule has 0 radical (unpaired) electrons. The van der Waals surface area contributed by atoms with Crippen LogP contribution in [0, 0.1) is 0 Å². The van der Waals surface area contributed by atoms with Gasteiger partial charge in [0.2, 0.25) is 11.8 Å². The van der Waals surface area contributed by atoms with Gasteiger partial charge < -0.3 is 15.5 Å². The van der Waals surface area contributed by atoms with Gasteiger partial charge in [0.15, 0.2) is 0 Å². The van der Waals surface area contributed by atoms with E-state index in [-0.39, 0.29) is 17.9 Å². The first-order valence-electron chi connectivity index (χ1n) is 8.00. The zero-order chi connectivity index (χ0) is 16.9. The molecule has 1 fully saturated rings. The number of anilines is 3. The van der Waals surface area contributed by atoms with E-state index in [1.165, 1.54) is 6.92 Å². The van der Waals surface area contributed by atoms with Crippen LogP contribution >= 0.6 is 0 Å². The fourth-order valence-corrected chi connectivity index (χ4v) is 2.85. The maximum absolute atomic E-state index is 12.4. The summed E-state index contributed by atoms with van der Waals surface area (Å²) in [6.07, 6.45) is 3.17. The Balaban J connectivity index is 1.62. The summed E-state index contributed by atoms with van der Waals surface area (Å²) < 4.78 is 0. The Hall–Kier alpha value is -2.89. The van der Waals surface area contributed by atoms with Gasteiger partial charge in [0.05, 0.1) is 11.9 Å². The Morgan fingerprint density at radius 3 is 2.58 bits per heavy atom. The molecule has 0 unspecified atom stereocenters. The third-order valence-corrected chi connectivity index (χ3v) is 4.04. The molecule has 1 aliphatic rings. The highest BCUT2D eigenvalue weighted by atomic mass is 16.2. The minimum Gasteiger partial charge on any atom is -0.340 e. The Morgan fingerprint density at radius 2 is 1.92 bits per heavy atom. The molecule has 24 heavy (non-hydrogen) atoms. The molecule has 2 heterocycles. The lowest BCUT2D eigenvalue weighted by molar-refractivity contribution is -0.134. The van der Waals surface area contributed by atoms with Crippen LogP contribution in [-0.4, -0.2) is 34.3 Å². The maximum Gasteiger partial charge on any atom is 0.247 e. The summed E-state index contributed by atoms with van der Waals surface area (Å²) >= 11 is 0. The summed E-state index contributed by atoms with van der Waals surface area (Å²) in [6.45, 7) is 2.14. The first-order valence-corrected chi connectivity index (χ1v) is 8.00. The molecule has 2 amide bonds. The first-order chi connectivity index (χ1) is 11.6. The lowest BCUT2D eigenvalue weighted by Gasteiger charge is -2.22. The van der Waals surface area contributed by atoms with Crippen molar-refractivity contribution in [2.75, 3.05) is 17.2 Å². The van der Waals surface area contributed by atoms with E-state index in [1.807, 2.05) is 30.3 Å². The van der Waals surface area contributed by atoms with Crippen molar-refractivity contribution in [2.45, 2.75) is 25.8 Å². The number of carbonyl (C=O) groups is 2. The SMILES string of the molecule is CC(=O)N1CCC[C@@H]1C(=O)Nc1ccc(Nc2ccccc2)nc1. The molecule has 0 aliphatic carbocycles. The third kappa shape index (κ3) is 3.71. The van der Waals surface area contributed by atoms with Crippen LogP contribution in [0.25, 0.3) is 0 Å². The van der Waals surface area contributed by atoms with E-state index < -0.39 is 0 Å².